The highest BCUT2D eigenvalue weighted by Crippen LogP contribution is 2.13. The lowest BCUT2D eigenvalue weighted by molar-refractivity contribution is 0.548. The zero-order valence-corrected chi connectivity index (χ0v) is 11.4. The van der Waals surface area contributed by atoms with Crippen LogP contribution in [0.1, 0.15) is 31.9 Å². The van der Waals surface area contributed by atoms with Crippen LogP contribution in [0.3, 0.4) is 0 Å². The minimum absolute atomic E-state index is 0.114. The maximum atomic E-state index is 13.0. The third-order valence-corrected chi connectivity index (χ3v) is 4.29. The summed E-state index contributed by atoms with van der Waals surface area (Å²) in [5.41, 5.74) is 0.940. The molecule has 3 atom stereocenters. The standard InChI is InChI=1S/C13H20FNOS/c1-10(17(3)16)7-8-15-11(2)12-5-4-6-13(14)9-12/h4-6,9-11,15H,7-8H2,1-3H3. The molecule has 0 aliphatic heterocycles. The molecule has 0 saturated heterocycles. The van der Waals surface area contributed by atoms with E-state index in [0.29, 0.717) is 0 Å². The maximum absolute atomic E-state index is 13.0. The Bertz CT molecular complexity index is 383. The fraction of sp³-hybridized carbons (Fsp3) is 0.538. The summed E-state index contributed by atoms with van der Waals surface area (Å²) in [6, 6.07) is 6.72. The molecule has 0 aliphatic carbocycles. The van der Waals surface area contributed by atoms with E-state index in [1.54, 1.807) is 18.4 Å². The van der Waals surface area contributed by atoms with Gasteiger partial charge in [0.15, 0.2) is 0 Å². The molecule has 17 heavy (non-hydrogen) atoms. The summed E-state index contributed by atoms with van der Waals surface area (Å²) in [5.74, 6) is -0.209. The van der Waals surface area contributed by atoms with Crippen molar-refractivity contribution in [1.82, 2.24) is 5.32 Å². The van der Waals surface area contributed by atoms with Crippen molar-refractivity contribution in [3.63, 3.8) is 0 Å². The van der Waals surface area contributed by atoms with Crippen molar-refractivity contribution < 1.29 is 8.60 Å². The van der Waals surface area contributed by atoms with Crippen molar-refractivity contribution >= 4 is 10.8 Å². The lowest BCUT2D eigenvalue weighted by Crippen LogP contribution is -2.24. The van der Waals surface area contributed by atoms with Crippen LogP contribution in [0.15, 0.2) is 24.3 Å². The van der Waals surface area contributed by atoms with E-state index in [4.69, 9.17) is 0 Å². The Labute approximate surface area is 105 Å². The quantitative estimate of drug-likeness (QED) is 0.849. The fourth-order valence-electron chi connectivity index (χ4n) is 1.56. The second kappa shape index (κ2) is 6.87. The molecule has 0 aliphatic rings. The van der Waals surface area contributed by atoms with Crippen LogP contribution in [0.5, 0.6) is 0 Å². The minimum atomic E-state index is -0.773. The van der Waals surface area contributed by atoms with Gasteiger partial charge in [-0.15, -0.1) is 0 Å². The van der Waals surface area contributed by atoms with Gasteiger partial charge in [0.25, 0.3) is 0 Å². The van der Waals surface area contributed by atoms with Gasteiger partial charge in [-0.2, -0.15) is 0 Å². The molecule has 1 N–H and O–H groups in total. The van der Waals surface area contributed by atoms with Crippen LogP contribution in [0.4, 0.5) is 4.39 Å². The summed E-state index contributed by atoms with van der Waals surface area (Å²) < 4.78 is 24.2. The predicted molar refractivity (Wildman–Crippen MR) is 71.0 cm³/mol. The lowest BCUT2D eigenvalue weighted by atomic mass is 10.1. The van der Waals surface area contributed by atoms with Gasteiger partial charge < -0.3 is 5.32 Å². The first-order valence-corrected chi connectivity index (χ1v) is 7.44. The van der Waals surface area contributed by atoms with Crippen molar-refractivity contribution in [3.8, 4) is 0 Å². The summed E-state index contributed by atoms with van der Waals surface area (Å²) in [5, 5.41) is 3.51. The number of nitrogens with one attached hydrogen (secondary N) is 1. The second-order valence-electron chi connectivity index (χ2n) is 4.33. The first-order valence-electron chi connectivity index (χ1n) is 5.81. The van der Waals surface area contributed by atoms with Gasteiger partial charge in [-0.05, 0) is 37.6 Å². The molecular formula is C13H20FNOS. The van der Waals surface area contributed by atoms with Crippen LogP contribution in [-0.2, 0) is 10.8 Å². The molecule has 0 radical (unpaired) electrons. The molecular weight excluding hydrogens is 237 g/mol. The summed E-state index contributed by atoms with van der Waals surface area (Å²) in [6.07, 6.45) is 2.59. The van der Waals surface area contributed by atoms with Crippen molar-refractivity contribution in [1.29, 1.82) is 0 Å². The average Bonchev–Trinajstić information content (AvgIpc) is 2.28. The normalized spacial score (nSPS) is 16.5. The highest BCUT2D eigenvalue weighted by molar-refractivity contribution is 7.84. The summed E-state index contributed by atoms with van der Waals surface area (Å²) in [7, 11) is -0.773. The van der Waals surface area contributed by atoms with E-state index in [-0.39, 0.29) is 17.1 Å². The topological polar surface area (TPSA) is 29.1 Å². The molecule has 0 heterocycles. The first kappa shape index (κ1) is 14.3. The molecule has 0 spiro atoms. The molecule has 0 aromatic heterocycles. The Kier molecular flexibility index (Phi) is 5.78. The number of hydrogen-bond acceptors (Lipinski definition) is 2. The van der Waals surface area contributed by atoms with E-state index in [1.807, 2.05) is 19.9 Å². The Morgan fingerprint density at radius 1 is 1.41 bits per heavy atom. The summed E-state index contributed by atoms with van der Waals surface area (Å²) >= 11 is 0. The van der Waals surface area contributed by atoms with Crippen LogP contribution in [0, 0.1) is 5.82 Å². The number of hydrogen-bond donors (Lipinski definition) is 1. The summed E-state index contributed by atoms with van der Waals surface area (Å²) in [4.78, 5) is 0. The van der Waals surface area contributed by atoms with Gasteiger partial charge in [-0.3, -0.25) is 4.21 Å². The van der Waals surface area contributed by atoms with E-state index in [2.05, 4.69) is 5.32 Å². The van der Waals surface area contributed by atoms with Gasteiger partial charge in [0.05, 0.1) is 0 Å². The Morgan fingerprint density at radius 2 is 2.12 bits per heavy atom. The zero-order valence-electron chi connectivity index (χ0n) is 10.6. The SMILES string of the molecule is CC(NCCC(C)S(C)=O)c1cccc(F)c1. The van der Waals surface area contributed by atoms with Gasteiger partial charge >= 0.3 is 0 Å². The number of benzene rings is 1. The van der Waals surface area contributed by atoms with Crippen LogP contribution < -0.4 is 5.32 Å². The molecule has 3 unspecified atom stereocenters. The van der Waals surface area contributed by atoms with E-state index < -0.39 is 10.8 Å². The molecule has 0 saturated carbocycles. The summed E-state index contributed by atoms with van der Waals surface area (Å²) in [6.45, 7) is 4.77. The molecule has 0 fully saturated rings. The molecule has 0 amide bonds. The fourth-order valence-corrected chi connectivity index (χ4v) is 2.01. The van der Waals surface area contributed by atoms with E-state index in [0.717, 1.165) is 18.5 Å². The number of rotatable bonds is 6. The highest BCUT2D eigenvalue weighted by Gasteiger charge is 2.08. The predicted octanol–water partition coefficient (Wildman–Crippen LogP) is 2.63. The van der Waals surface area contributed by atoms with Gasteiger partial charge in [-0.25, -0.2) is 4.39 Å². The van der Waals surface area contributed by atoms with Crippen LogP contribution in [0.25, 0.3) is 0 Å². The van der Waals surface area contributed by atoms with Gasteiger partial charge in [0, 0.05) is 28.3 Å². The molecule has 1 rings (SSSR count). The molecule has 2 nitrogen and oxygen atoms in total. The first-order chi connectivity index (χ1) is 8.00. The molecule has 4 heteroatoms. The average molecular weight is 257 g/mol. The van der Waals surface area contributed by atoms with Crippen molar-refractivity contribution in [3.05, 3.63) is 35.6 Å². The monoisotopic (exact) mass is 257 g/mol. The van der Waals surface area contributed by atoms with E-state index in [1.165, 1.54) is 6.07 Å². The van der Waals surface area contributed by atoms with Crippen LogP contribution >= 0.6 is 0 Å². The van der Waals surface area contributed by atoms with Crippen LogP contribution in [0.2, 0.25) is 0 Å². The zero-order chi connectivity index (χ0) is 12.8. The Balaban J connectivity index is 2.40. The minimum Gasteiger partial charge on any atom is -0.310 e. The van der Waals surface area contributed by atoms with Crippen molar-refractivity contribution in [2.75, 3.05) is 12.8 Å². The van der Waals surface area contributed by atoms with Gasteiger partial charge in [0.2, 0.25) is 0 Å². The third kappa shape index (κ3) is 4.96. The third-order valence-electron chi connectivity index (χ3n) is 2.92. The highest BCUT2D eigenvalue weighted by atomic mass is 32.2. The molecule has 0 bridgehead atoms. The Hall–Kier alpha value is -0.740. The number of halogens is 1. The maximum Gasteiger partial charge on any atom is 0.123 e. The van der Waals surface area contributed by atoms with Gasteiger partial charge in [0.1, 0.15) is 5.82 Å². The van der Waals surface area contributed by atoms with Gasteiger partial charge in [-0.1, -0.05) is 19.1 Å². The van der Waals surface area contributed by atoms with Crippen molar-refractivity contribution in [2.45, 2.75) is 31.6 Å². The second-order valence-corrected chi connectivity index (χ2v) is 6.13. The smallest absolute Gasteiger partial charge is 0.123 e. The van der Waals surface area contributed by atoms with E-state index >= 15 is 0 Å². The molecule has 1 aromatic rings. The van der Waals surface area contributed by atoms with Crippen LogP contribution in [-0.4, -0.2) is 22.3 Å². The van der Waals surface area contributed by atoms with E-state index in [9.17, 15) is 8.60 Å². The molecule has 1 aromatic carbocycles. The Morgan fingerprint density at radius 3 is 2.71 bits per heavy atom. The lowest BCUT2D eigenvalue weighted by Gasteiger charge is -2.15. The largest absolute Gasteiger partial charge is 0.310 e. The van der Waals surface area contributed by atoms with Crippen molar-refractivity contribution in [2.24, 2.45) is 0 Å². The molecule has 96 valence electrons.